The van der Waals surface area contributed by atoms with Crippen molar-refractivity contribution in [1.29, 1.82) is 5.26 Å². The molecule has 0 amide bonds. The van der Waals surface area contributed by atoms with E-state index in [4.69, 9.17) is 0 Å². The Bertz CT molecular complexity index is 3040. The van der Waals surface area contributed by atoms with Gasteiger partial charge in [-0.3, -0.25) is 4.98 Å². The largest absolute Gasteiger partial charge is 0.256 e. The van der Waals surface area contributed by atoms with E-state index < -0.39 is 0 Å². The lowest BCUT2D eigenvalue weighted by Gasteiger charge is -2.17. The summed E-state index contributed by atoms with van der Waals surface area (Å²) in [4.78, 5) is 4.67. The average molecular weight is 671 g/mol. The van der Waals surface area contributed by atoms with Crippen molar-refractivity contribution in [3.63, 3.8) is 0 Å². The summed E-state index contributed by atoms with van der Waals surface area (Å²) in [7, 11) is 0. The molecule has 0 radical (unpaired) electrons. The van der Waals surface area contributed by atoms with Crippen LogP contribution in [-0.4, -0.2) is 4.98 Å². The summed E-state index contributed by atoms with van der Waals surface area (Å²) in [5.74, 6) is 0.0836. The van der Waals surface area contributed by atoms with Crippen LogP contribution >= 0.6 is 0 Å². The minimum atomic E-state index is 0.0836. The Morgan fingerprint density at radius 3 is 1.68 bits per heavy atom. The van der Waals surface area contributed by atoms with Crippen LogP contribution in [0.2, 0.25) is 0 Å². The van der Waals surface area contributed by atoms with Crippen LogP contribution in [0.15, 0.2) is 176 Å². The fourth-order valence-corrected chi connectivity index (χ4v) is 8.87. The second kappa shape index (κ2) is 11.5. The van der Waals surface area contributed by atoms with Crippen LogP contribution in [0.4, 0.5) is 0 Å². The highest BCUT2D eigenvalue weighted by Gasteiger charge is 2.30. The molecule has 0 N–H and O–H groups in total. The number of rotatable bonds is 4. The highest BCUT2D eigenvalue weighted by molar-refractivity contribution is 6.24. The van der Waals surface area contributed by atoms with Gasteiger partial charge in [0.05, 0.1) is 17.1 Å². The second-order valence-electron chi connectivity index (χ2n) is 14.2. The van der Waals surface area contributed by atoms with E-state index in [0.29, 0.717) is 5.56 Å². The van der Waals surface area contributed by atoms with Gasteiger partial charge in [-0.25, -0.2) is 0 Å². The lowest BCUT2D eigenvalue weighted by molar-refractivity contribution is 1.01. The maximum atomic E-state index is 9.72. The van der Waals surface area contributed by atoms with Gasteiger partial charge in [-0.1, -0.05) is 121 Å². The number of fused-ring (bicyclic) bond motifs is 4. The van der Waals surface area contributed by atoms with Crippen molar-refractivity contribution in [2.24, 2.45) is 0 Å². The molecule has 0 fully saturated rings. The SMILES string of the molecule is N#Cc1ccc2c(c1)C(c1ccccc1)c1cc(-c3cc4ccc5cc(-c6ccc(-c7cccc8cccnc78)cc6)cc6ccc(c3)c4c56)ccc1-2. The van der Waals surface area contributed by atoms with Gasteiger partial charge < -0.3 is 0 Å². The Kier molecular flexibility index (Phi) is 6.41. The molecule has 2 nitrogen and oxygen atoms in total. The molecule has 0 aliphatic heterocycles. The number of pyridine rings is 1. The van der Waals surface area contributed by atoms with Crippen LogP contribution in [0.25, 0.3) is 87.7 Å². The number of hydrogen-bond acceptors (Lipinski definition) is 2. The monoisotopic (exact) mass is 670 g/mol. The fraction of sp³-hybridized carbons (Fsp3) is 0.0196. The maximum absolute atomic E-state index is 9.72. The Labute approximate surface area is 307 Å². The summed E-state index contributed by atoms with van der Waals surface area (Å²) in [6.45, 7) is 0. The third-order valence-electron chi connectivity index (χ3n) is 11.3. The normalized spacial score (nSPS) is 13.5. The standard InChI is InChI=1S/C51H30N2/c52-30-31-11-21-44-45-22-20-36(29-47(45)50(46(44)24-31)34-6-2-1-3-7-34)42-27-39-18-16-37-25-41(26-38-17-19-40(28-42)49(39)48(37)38)32-12-14-33(15-13-32)43-10-4-8-35-9-5-23-53-51(35)43/h1-29,50H. The smallest absolute Gasteiger partial charge is 0.0991 e. The first kappa shape index (κ1) is 29.6. The van der Waals surface area contributed by atoms with Crippen LogP contribution in [0.5, 0.6) is 0 Å². The average Bonchev–Trinajstić information content (AvgIpc) is 3.55. The van der Waals surface area contributed by atoms with Crippen LogP contribution < -0.4 is 0 Å². The molecule has 244 valence electrons. The number of nitrogens with zero attached hydrogens (tertiary/aromatic N) is 2. The van der Waals surface area contributed by atoms with Gasteiger partial charge in [0.2, 0.25) is 0 Å². The molecule has 1 atom stereocenters. The molecule has 2 heteroatoms. The molecule has 0 spiro atoms. The van der Waals surface area contributed by atoms with E-state index in [1.54, 1.807) is 0 Å². The molecule has 1 heterocycles. The number of aromatic nitrogens is 1. The van der Waals surface area contributed by atoms with Gasteiger partial charge >= 0.3 is 0 Å². The van der Waals surface area contributed by atoms with E-state index >= 15 is 0 Å². The predicted molar refractivity (Wildman–Crippen MR) is 219 cm³/mol. The first-order valence-corrected chi connectivity index (χ1v) is 18.1. The van der Waals surface area contributed by atoms with Crippen LogP contribution in [0, 0.1) is 11.3 Å². The van der Waals surface area contributed by atoms with Gasteiger partial charge in [0, 0.05) is 23.1 Å². The zero-order valence-electron chi connectivity index (χ0n) is 28.7. The van der Waals surface area contributed by atoms with E-state index in [-0.39, 0.29) is 5.92 Å². The van der Waals surface area contributed by atoms with Crippen molar-refractivity contribution >= 4 is 43.2 Å². The van der Waals surface area contributed by atoms with Crippen molar-refractivity contribution in [3.05, 3.63) is 198 Å². The molecule has 0 saturated heterocycles. The molecule has 1 aliphatic rings. The van der Waals surface area contributed by atoms with Crippen LogP contribution in [-0.2, 0) is 0 Å². The Morgan fingerprint density at radius 1 is 0.415 bits per heavy atom. The fourth-order valence-electron chi connectivity index (χ4n) is 8.87. The summed E-state index contributed by atoms with van der Waals surface area (Å²) in [6, 6.07) is 64.0. The summed E-state index contributed by atoms with van der Waals surface area (Å²) in [6.07, 6.45) is 1.87. The molecular formula is C51H30N2. The Morgan fingerprint density at radius 2 is 1.00 bits per heavy atom. The van der Waals surface area contributed by atoms with Crippen molar-refractivity contribution in [2.75, 3.05) is 0 Å². The zero-order valence-corrected chi connectivity index (χ0v) is 28.7. The summed E-state index contributed by atoms with van der Waals surface area (Å²) in [5, 5.41) is 18.5. The third kappa shape index (κ3) is 4.61. The molecule has 53 heavy (non-hydrogen) atoms. The van der Waals surface area contributed by atoms with E-state index in [1.807, 2.05) is 18.3 Å². The molecule has 10 aromatic rings. The van der Waals surface area contributed by atoms with Gasteiger partial charge in [0.25, 0.3) is 0 Å². The summed E-state index contributed by atoms with van der Waals surface area (Å²) < 4.78 is 0. The molecule has 1 aliphatic carbocycles. The molecule has 11 rings (SSSR count). The molecule has 1 aromatic heterocycles. The van der Waals surface area contributed by atoms with Gasteiger partial charge in [-0.15, -0.1) is 0 Å². The molecule has 9 aromatic carbocycles. The van der Waals surface area contributed by atoms with E-state index in [0.717, 1.165) is 16.5 Å². The minimum Gasteiger partial charge on any atom is -0.256 e. The Hall–Kier alpha value is -7.08. The van der Waals surface area contributed by atoms with Crippen molar-refractivity contribution in [1.82, 2.24) is 4.98 Å². The summed E-state index contributed by atoms with van der Waals surface area (Å²) in [5.41, 5.74) is 15.1. The van der Waals surface area contributed by atoms with Crippen LogP contribution in [0.3, 0.4) is 0 Å². The van der Waals surface area contributed by atoms with Gasteiger partial charge in [-0.2, -0.15) is 5.26 Å². The van der Waals surface area contributed by atoms with E-state index in [1.165, 1.54) is 88.0 Å². The maximum Gasteiger partial charge on any atom is 0.0991 e. The molecule has 1 unspecified atom stereocenters. The number of hydrogen-bond donors (Lipinski definition) is 0. The highest BCUT2D eigenvalue weighted by atomic mass is 14.6. The van der Waals surface area contributed by atoms with Gasteiger partial charge in [-0.05, 0) is 136 Å². The number of para-hydroxylation sites is 1. The van der Waals surface area contributed by atoms with Gasteiger partial charge in [0.1, 0.15) is 0 Å². The minimum absolute atomic E-state index is 0.0836. The lowest BCUT2D eigenvalue weighted by atomic mass is 9.86. The first-order chi connectivity index (χ1) is 26.2. The first-order valence-electron chi connectivity index (χ1n) is 18.1. The molecule has 0 bridgehead atoms. The topological polar surface area (TPSA) is 36.7 Å². The summed E-state index contributed by atoms with van der Waals surface area (Å²) >= 11 is 0. The van der Waals surface area contributed by atoms with Gasteiger partial charge in [0.15, 0.2) is 0 Å². The quantitative estimate of drug-likeness (QED) is 0.175. The van der Waals surface area contributed by atoms with Crippen LogP contribution in [0.1, 0.15) is 28.2 Å². The number of nitriles is 1. The highest BCUT2D eigenvalue weighted by Crippen LogP contribution is 2.50. The molecular weight excluding hydrogens is 641 g/mol. The Balaban J connectivity index is 0.985. The van der Waals surface area contributed by atoms with Crippen molar-refractivity contribution < 1.29 is 0 Å². The second-order valence-corrected chi connectivity index (χ2v) is 14.2. The number of benzene rings is 9. The van der Waals surface area contributed by atoms with E-state index in [9.17, 15) is 5.26 Å². The van der Waals surface area contributed by atoms with E-state index in [2.05, 4.69) is 169 Å². The van der Waals surface area contributed by atoms with Crippen molar-refractivity contribution in [2.45, 2.75) is 5.92 Å². The van der Waals surface area contributed by atoms with Crippen molar-refractivity contribution in [3.8, 4) is 50.6 Å². The zero-order chi connectivity index (χ0) is 35.0. The third-order valence-corrected chi connectivity index (χ3v) is 11.3. The predicted octanol–water partition coefficient (Wildman–Crippen LogP) is 13.2. The lowest BCUT2D eigenvalue weighted by Crippen LogP contribution is -1.99. The molecule has 0 saturated carbocycles.